The SMILES string of the molecule is O=C(OCc1ccccc1)N1CCC2(CC1)C(=O)Nc1cc(Br)ccc12. The first-order valence-electron chi connectivity index (χ1n) is 8.66. The number of hydrogen-bond donors (Lipinski definition) is 1. The fourth-order valence-electron chi connectivity index (χ4n) is 3.78. The third kappa shape index (κ3) is 2.98. The van der Waals surface area contributed by atoms with Gasteiger partial charge < -0.3 is 15.0 Å². The summed E-state index contributed by atoms with van der Waals surface area (Å²) in [6, 6.07) is 15.5. The van der Waals surface area contributed by atoms with E-state index in [1.807, 2.05) is 48.5 Å². The van der Waals surface area contributed by atoms with Gasteiger partial charge in [-0.2, -0.15) is 0 Å². The molecule has 1 N–H and O–H groups in total. The second-order valence-corrected chi connectivity index (χ2v) is 7.67. The molecule has 1 saturated heterocycles. The molecule has 5 nitrogen and oxygen atoms in total. The van der Waals surface area contributed by atoms with E-state index in [9.17, 15) is 9.59 Å². The minimum absolute atomic E-state index is 0.0305. The van der Waals surface area contributed by atoms with E-state index in [0.29, 0.717) is 25.9 Å². The molecule has 0 bridgehead atoms. The van der Waals surface area contributed by atoms with Gasteiger partial charge in [0.1, 0.15) is 6.61 Å². The topological polar surface area (TPSA) is 58.6 Å². The first kappa shape index (κ1) is 17.1. The number of hydrogen-bond acceptors (Lipinski definition) is 3. The Hall–Kier alpha value is -2.34. The third-order valence-electron chi connectivity index (χ3n) is 5.26. The van der Waals surface area contributed by atoms with E-state index in [1.165, 1.54) is 0 Å². The van der Waals surface area contributed by atoms with Crippen molar-refractivity contribution in [2.45, 2.75) is 24.9 Å². The van der Waals surface area contributed by atoms with Gasteiger partial charge in [0.2, 0.25) is 5.91 Å². The number of carbonyl (C=O) groups excluding carboxylic acids is 2. The molecule has 2 heterocycles. The number of fused-ring (bicyclic) bond motifs is 2. The highest BCUT2D eigenvalue weighted by Gasteiger charge is 2.49. The molecular weight excluding hydrogens is 396 g/mol. The quantitative estimate of drug-likeness (QED) is 0.805. The number of likely N-dealkylation sites (tertiary alicyclic amines) is 1. The number of halogens is 1. The molecule has 2 aliphatic rings. The number of carbonyl (C=O) groups is 2. The molecule has 0 saturated carbocycles. The summed E-state index contributed by atoms with van der Waals surface area (Å²) in [6.07, 6.45) is 0.889. The van der Waals surface area contributed by atoms with Gasteiger partial charge in [-0.15, -0.1) is 0 Å². The standard InChI is InChI=1S/C20H19BrN2O3/c21-15-6-7-16-17(12-15)22-18(24)20(16)8-10-23(11-9-20)19(25)26-13-14-4-2-1-3-5-14/h1-7,12H,8-11,13H2,(H,22,24). The van der Waals surface area contributed by atoms with Crippen LogP contribution in [0.1, 0.15) is 24.0 Å². The van der Waals surface area contributed by atoms with E-state index in [-0.39, 0.29) is 18.6 Å². The fourth-order valence-corrected chi connectivity index (χ4v) is 4.14. The van der Waals surface area contributed by atoms with E-state index in [1.54, 1.807) is 4.90 Å². The van der Waals surface area contributed by atoms with Crippen molar-refractivity contribution < 1.29 is 14.3 Å². The molecule has 1 spiro atoms. The summed E-state index contributed by atoms with van der Waals surface area (Å²) < 4.78 is 6.35. The zero-order valence-corrected chi connectivity index (χ0v) is 15.8. The molecule has 2 aromatic rings. The average Bonchev–Trinajstić information content (AvgIpc) is 2.92. The van der Waals surface area contributed by atoms with Crippen molar-refractivity contribution in [3.05, 3.63) is 64.1 Å². The number of anilines is 1. The van der Waals surface area contributed by atoms with Crippen LogP contribution in [-0.4, -0.2) is 30.0 Å². The van der Waals surface area contributed by atoms with E-state index in [4.69, 9.17) is 4.74 Å². The molecule has 0 unspecified atom stereocenters. The Morgan fingerprint density at radius 3 is 2.62 bits per heavy atom. The molecule has 2 aliphatic heterocycles. The van der Waals surface area contributed by atoms with E-state index in [0.717, 1.165) is 21.3 Å². The number of amides is 2. The van der Waals surface area contributed by atoms with Crippen LogP contribution < -0.4 is 5.32 Å². The summed E-state index contributed by atoms with van der Waals surface area (Å²) in [5, 5.41) is 2.99. The van der Waals surface area contributed by atoms with Crippen LogP contribution in [0.25, 0.3) is 0 Å². The van der Waals surface area contributed by atoms with Crippen LogP contribution in [0.15, 0.2) is 53.0 Å². The fraction of sp³-hybridized carbons (Fsp3) is 0.300. The van der Waals surface area contributed by atoms with E-state index < -0.39 is 5.41 Å². The Morgan fingerprint density at radius 1 is 1.15 bits per heavy atom. The van der Waals surface area contributed by atoms with Crippen LogP contribution in [0.3, 0.4) is 0 Å². The summed E-state index contributed by atoms with van der Waals surface area (Å²) in [7, 11) is 0. The summed E-state index contributed by atoms with van der Waals surface area (Å²) in [4.78, 5) is 26.7. The van der Waals surface area contributed by atoms with Crippen molar-refractivity contribution in [1.29, 1.82) is 0 Å². The van der Waals surface area contributed by atoms with Gasteiger partial charge in [0.25, 0.3) is 0 Å². The van der Waals surface area contributed by atoms with Crippen LogP contribution in [-0.2, 0) is 21.6 Å². The van der Waals surface area contributed by atoms with Crippen LogP contribution in [0.5, 0.6) is 0 Å². The Bertz CT molecular complexity index is 845. The molecular formula is C20H19BrN2O3. The molecule has 2 aromatic carbocycles. The normalized spacial score (nSPS) is 17.7. The van der Waals surface area contributed by atoms with Gasteiger partial charge in [0.15, 0.2) is 0 Å². The number of nitrogens with zero attached hydrogens (tertiary/aromatic N) is 1. The Kier molecular flexibility index (Phi) is 4.44. The maximum Gasteiger partial charge on any atom is 0.410 e. The predicted molar refractivity (Wildman–Crippen MR) is 102 cm³/mol. The smallest absolute Gasteiger partial charge is 0.410 e. The number of nitrogens with one attached hydrogen (secondary N) is 1. The van der Waals surface area contributed by atoms with Gasteiger partial charge in [-0.3, -0.25) is 4.79 Å². The number of rotatable bonds is 2. The minimum Gasteiger partial charge on any atom is -0.445 e. The highest BCUT2D eigenvalue weighted by molar-refractivity contribution is 9.10. The Morgan fingerprint density at radius 2 is 1.88 bits per heavy atom. The van der Waals surface area contributed by atoms with Crippen LogP contribution in [0.4, 0.5) is 10.5 Å². The zero-order chi connectivity index (χ0) is 18.1. The summed E-state index contributed by atoms with van der Waals surface area (Å²) in [5.41, 5.74) is 2.32. The number of benzene rings is 2. The molecule has 6 heteroatoms. The largest absolute Gasteiger partial charge is 0.445 e. The van der Waals surface area contributed by atoms with Crippen molar-refractivity contribution in [1.82, 2.24) is 4.90 Å². The van der Waals surface area contributed by atoms with Gasteiger partial charge in [-0.05, 0) is 36.1 Å². The van der Waals surface area contributed by atoms with Gasteiger partial charge in [-0.25, -0.2) is 4.79 Å². The predicted octanol–water partition coefficient (Wildman–Crippen LogP) is 4.07. The zero-order valence-electron chi connectivity index (χ0n) is 14.2. The number of piperidine rings is 1. The lowest BCUT2D eigenvalue weighted by atomic mass is 9.74. The Balaban J connectivity index is 1.41. The van der Waals surface area contributed by atoms with Crippen LogP contribution in [0, 0.1) is 0 Å². The molecule has 0 aromatic heterocycles. The Labute approximate surface area is 160 Å². The first-order valence-corrected chi connectivity index (χ1v) is 9.45. The molecule has 2 amide bonds. The summed E-state index contributed by atoms with van der Waals surface area (Å²) in [6.45, 7) is 1.28. The van der Waals surface area contributed by atoms with Gasteiger partial charge in [0, 0.05) is 23.2 Å². The van der Waals surface area contributed by atoms with Crippen molar-refractivity contribution in [3.8, 4) is 0 Å². The average molecular weight is 415 g/mol. The lowest BCUT2D eigenvalue weighted by molar-refractivity contribution is -0.122. The third-order valence-corrected chi connectivity index (χ3v) is 5.75. The highest BCUT2D eigenvalue weighted by atomic mass is 79.9. The minimum atomic E-state index is -0.535. The van der Waals surface area contributed by atoms with Crippen molar-refractivity contribution in [2.24, 2.45) is 0 Å². The summed E-state index contributed by atoms with van der Waals surface area (Å²) in [5.74, 6) is 0.0305. The molecule has 134 valence electrons. The van der Waals surface area contributed by atoms with E-state index in [2.05, 4.69) is 21.2 Å². The van der Waals surface area contributed by atoms with Crippen molar-refractivity contribution in [2.75, 3.05) is 18.4 Å². The molecule has 26 heavy (non-hydrogen) atoms. The monoisotopic (exact) mass is 414 g/mol. The van der Waals surface area contributed by atoms with E-state index >= 15 is 0 Å². The number of ether oxygens (including phenoxy) is 1. The van der Waals surface area contributed by atoms with Gasteiger partial charge >= 0.3 is 6.09 Å². The van der Waals surface area contributed by atoms with Crippen molar-refractivity contribution in [3.63, 3.8) is 0 Å². The summed E-state index contributed by atoms with van der Waals surface area (Å²) >= 11 is 3.44. The molecule has 0 atom stereocenters. The lowest BCUT2D eigenvalue weighted by Gasteiger charge is -2.37. The second-order valence-electron chi connectivity index (χ2n) is 6.75. The van der Waals surface area contributed by atoms with Crippen molar-refractivity contribution >= 4 is 33.6 Å². The van der Waals surface area contributed by atoms with Crippen LogP contribution >= 0.6 is 15.9 Å². The first-order chi connectivity index (χ1) is 12.6. The molecule has 4 rings (SSSR count). The second kappa shape index (κ2) is 6.76. The highest BCUT2D eigenvalue weighted by Crippen LogP contribution is 2.45. The maximum absolute atomic E-state index is 12.6. The molecule has 0 radical (unpaired) electrons. The van der Waals surface area contributed by atoms with Gasteiger partial charge in [-0.1, -0.05) is 52.3 Å². The van der Waals surface area contributed by atoms with Crippen LogP contribution in [0.2, 0.25) is 0 Å². The molecule has 0 aliphatic carbocycles. The van der Waals surface area contributed by atoms with Gasteiger partial charge in [0.05, 0.1) is 5.41 Å². The lowest BCUT2D eigenvalue weighted by Crippen LogP contribution is -2.48. The molecule has 1 fully saturated rings. The maximum atomic E-state index is 12.6.